The van der Waals surface area contributed by atoms with Gasteiger partial charge in [0.05, 0.1) is 6.54 Å². The predicted molar refractivity (Wildman–Crippen MR) is 53.6 cm³/mol. The molecular formula is C10H21NO2. The molecule has 0 saturated carbocycles. The molecule has 78 valence electrons. The third-order valence-corrected chi connectivity index (χ3v) is 1.63. The fraction of sp³-hybridized carbons (Fsp3) is 0.900. The summed E-state index contributed by atoms with van der Waals surface area (Å²) in [5, 5.41) is 3.08. The van der Waals surface area contributed by atoms with Crippen molar-refractivity contribution in [1.29, 1.82) is 0 Å². The van der Waals surface area contributed by atoms with Crippen molar-refractivity contribution in [3.05, 3.63) is 0 Å². The van der Waals surface area contributed by atoms with E-state index in [0.29, 0.717) is 12.6 Å². The summed E-state index contributed by atoms with van der Waals surface area (Å²) in [6.07, 6.45) is 1.02. The predicted octanol–water partition coefficient (Wildman–Crippen LogP) is 1.72. The number of carbonyl (C=O) groups is 1. The number of nitrogens with one attached hydrogen (secondary N) is 1. The number of ether oxygens (including phenoxy) is 1. The zero-order valence-electron chi connectivity index (χ0n) is 9.31. The molecule has 1 N–H and O–H groups in total. The van der Waals surface area contributed by atoms with Gasteiger partial charge in [0, 0.05) is 6.04 Å². The zero-order valence-corrected chi connectivity index (χ0v) is 9.31. The third-order valence-electron chi connectivity index (χ3n) is 1.63. The van der Waals surface area contributed by atoms with Crippen LogP contribution in [0.25, 0.3) is 0 Å². The monoisotopic (exact) mass is 187 g/mol. The minimum atomic E-state index is -0.381. The largest absolute Gasteiger partial charge is 0.459 e. The quantitative estimate of drug-likeness (QED) is 0.681. The lowest BCUT2D eigenvalue weighted by molar-refractivity contribution is -0.153. The molecule has 0 fully saturated rings. The first kappa shape index (κ1) is 12.4. The molecule has 13 heavy (non-hydrogen) atoms. The van der Waals surface area contributed by atoms with Gasteiger partial charge in [0.2, 0.25) is 0 Å². The highest BCUT2D eigenvalue weighted by atomic mass is 16.6. The third kappa shape index (κ3) is 7.78. The molecule has 0 aromatic heterocycles. The van der Waals surface area contributed by atoms with Gasteiger partial charge in [0.25, 0.3) is 0 Å². The van der Waals surface area contributed by atoms with Crippen molar-refractivity contribution >= 4 is 5.97 Å². The number of hydrogen-bond donors (Lipinski definition) is 1. The Morgan fingerprint density at radius 3 is 2.38 bits per heavy atom. The fourth-order valence-electron chi connectivity index (χ4n) is 0.779. The maximum atomic E-state index is 11.2. The average molecular weight is 187 g/mol. The van der Waals surface area contributed by atoms with Crippen LogP contribution >= 0.6 is 0 Å². The van der Waals surface area contributed by atoms with E-state index in [4.69, 9.17) is 4.74 Å². The van der Waals surface area contributed by atoms with Crippen LogP contribution in [0.5, 0.6) is 0 Å². The van der Waals surface area contributed by atoms with E-state index in [1.165, 1.54) is 0 Å². The van der Waals surface area contributed by atoms with Gasteiger partial charge < -0.3 is 10.1 Å². The Bertz CT molecular complexity index is 161. The fourth-order valence-corrected chi connectivity index (χ4v) is 0.779. The second-order valence-corrected chi connectivity index (χ2v) is 4.28. The topological polar surface area (TPSA) is 38.3 Å². The SMILES string of the molecule is CC[C@H](C)NCC(=O)OC(C)(C)C. The lowest BCUT2D eigenvalue weighted by Crippen LogP contribution is -2.35. The van der Waals surface area contributed by atoms with E-state index < -0.39 is 0 Å². The van der Waals surface area contributed by atoms with Crippen LogP contribution in [0.15, 0.2) is 0 Å². The summed E-state index contributed by atoms with van der Waals surface area (Å²) >= 11 is 0. The van der Waals surface area contributed by atoms with E-state index in [1.807, 2.05) is 27.7 Å². The first-order valence-electron chi connectivity index (χ1n) is 4.80. The Labute approximate surface area is 80.8 Å². The van der Waals surface area contributed by atoms with Crippen LogP contribution in [-0.4, -0.2) is 24.2 Å². The Morgan fingerprint density at radius 2 is 2.00 bits per heavy atom. The van der Waals surface area contributed by atoms with Gasteiger partial charge in [0.1, 0.15) is 5.60 Å². The lowest BCUT2D eigenvalue weighted by Gasteiger charge is -2.20. The van der Waals surface area contributed by atoms with Crippen molar-refractivity contribution in [2.45, 2.75) is 52.7 Å². The van der Waals surface area contributed by atoms with Crippen molar-refractivity contribution in [2.75, 3.05) is 6.54 Å². The van der Waals surface area contributed by atoms with Gasteiger partial charge in [-0.05, 0) is 34.1 Å². The molecule has 0 spiro atoms. The molecule has 0 aromatic rings. The van der Waals surface area contributed by atoms with Crippen molar-refractivity contribution in [3.63, 3.8) is 0 Å². The molecule has 1 atom stereocenters. The van der Waals surface area contributed by atoms with Gasteiger partial charge in [0.15, 0.2) is 0 Å². The van der Waals surface area contributed by atoms with Gasteiger partial charge in [-0.1, -0.05) is 6.92 Å². The Morgan fingerprint density at radius 1 is 1.46 bits per heavy atom. The molecule has 0 aliphatic carbocycles. The molecule has 0 aromatic carbocycles. The summed E-state index contributed by atoms with van der Waals surface area (Å²) in [6.45, 7) is 10.0. The van der Waals surface area contributed by atoms with E-state index in [9.17, 15) is 4.79 Å². The van der Waals surface area contributed by atoms with Crippen LogP contribution < -0.4 is 5.32 Å². The van der Waals surface area contributed by atoms with Crippen molar-refractivity contribution in [1.82, 2.24) is 5.32 Å². The molecule has 0 rings (SSSR count). The molecular weight excluding hydrogens is 166 g/mol. The highest BCUT2D eigenvalue weighted by molar-refractivity contribution is 5.72. The smallest absolute Gasteiger partial charge is 0.320 e. The summed E-state index contributed by atoms with van der Waals surface area (Å²) in [6, 6.07) is 0.368. The number of rotatable bonds is 4. The Kier molecular flexibility index (Phi) is 4.99. The van der Waals surface area contributed by atoms with Gasteiger partial charge in [-0.15, -0.1) is 0 Å². The number of hydrogen-bond acceptors (Lipinski definition) is 3. The molecule has 0 saturated heterocycles. The normalized spacial score (nSPS) is 13.9. The molecule has 0 radical (unpaired) electrons. The van der Waals surface area contributed by atoms with E-state index in [0.717, 1.165) is 6.42 Å². The maximum Gasteiger partial charge on any atom is 0.320 e. The highest BCUT2D eigenvalue weighted by Gasteiger charge is 2.15. The lowest BCUT2D eigenvalue weighted by atomic mass is 10.2. The summed E-state index contributed by atoms with van der Waals surface area (Å²) in [7, 11) is 0. The second-order valence-electron chi connectivity index (χ2n) is 4.28. The van der Waals surface area contributed by atoms with Gasteiger partial charge in [-0.25, -0.2) is 0 Å². The second kappa shape index (κ2) is 5.22. The number of carbonyl (C=O) groups excluding carboxylic acids is 1. The van der Waals surface area contributed by atoms with Crippen LogP contribution in [-0.2, 0) is 9.53 Å². The molecule has 3 nitrogen and oxygen atoms in total. The molecule has 0 aliphatic heterocycles. The Balaban J connectivity index is 3.64. The van der Waals surface area contributed by atoms with Gasteiger partial charge in [-0.2, -0.15) is 0 Å². The summed E-state index contributed by atoms with van der Waals surface area (Å²) in [4.78, 5) is 11.2. The zero-order chi connectivity index (χ0) is 10.5. The van der Waals surface area contributed by atoms with E-state index in [1.54, 1.807) is 0 Å². The van der Waals surface area contributed by atoms with Crippen molar-refractivity contribution in [3.8, 4) is 0 Å². The van der Waals surface area contributed by atoms with E-state index in [-0.39, 0.29) is 11.6 Å². The first-order chi connectivity index (χ1) is 5.85. The standard InChI is InChI=1S/C10H21NO2/c1-6-8(2)11-7-9(12)13-10(3,4)5/h8,11H,6-7H2,1-5H3/t8-/m0/s1. The first-order valence-corrected chi connectivity index (χ1v) is 4.80. The molecule has 0 heterocycles. The minimum absolute atomic E-state index is 0.187. The highest BCUT2D eigenvalue weighted by Crippen LogP contribution is 2.06. The number of esters is 1. The van der Waals surface area contributed by atoms with Crippen LogP contribution in [0.4, 0.5) is 0 Å². The van der Waals surface area contributed by atoms with Gasteiger partial charge >= 0.3 is 5.97 Å². The summed E-state index contributed by atoms with van der Waals surface area (Å²) < 4.78 is 5.13. The molecule has 0 bridgehead atoms. The summed E-state index contributed by atoms with van der Waals surface area (Å²) in [5.74, 6) is -0.187. The van der Waals surface area contributed by atoms with Crippen LogP contribution in [0.1, 0.15) is 41.0 Å². The van der Waals surface area contributed by atoms with E-state index in [2.05, 4.69) is 12.2 Å². The molecule has 3 heteroatoms. The van der Waals surface area contributed by atoms with Crippen LogP contribution in [0.2, 0.25) is 0 Å². The average Bonchev–Trinajstić information content (AvgIpc) is 1.97. The molecule has 0 amide bonds. The van der Waals surface area contributed by atoms with Crippen molar-refractivity contribution in [2.24, 2.45) is 0 Å². The van der Waals surface area contributed by atoms with E-state index >= 15 is 0 Å². The van der Waals surface area contributed by atoms with Crippen LogP contribution in [0, 0.1) is 0 Å². The Hall–Kier alpha value is -0.570. The van der Waals surface area contributed by atoms with Crippen molar-refractivity contribution < 1.29 is 9.53 Å². The molecule has 0 aliphatic rings. The summed E-state index contributed by atoms with van der Waals surface area (Å²) in [5.41, 5.74) is -0.381. The minimum Gasteiger partial charge on any atom is -0.459 e. The van der Waals surface area contributed by atoms with Crippen LogP contribution in [0.3, 0.4) is 0 Å². The van der Waals surface area contributed by atoms with Gasteiger partial charge in [-0.3, -0.25) is 4.79 Å². The maximum absolute atomic E-state index is 11.2. The molecule has 0 unspecified atom stereocenters.